The summed E-state index contributed by atoms with van der Waals surface area (Å²) in [5.74, 6) is -0.700. The number of hydrogen-bond donors (Lipinski definition) is 2. The molecule has 0 aliphatic heterocycles. The number of hydrogen-bond acceptors (Lipinski definition) is 3. The molecule has 17 heavy (non-hydrogen) atoms. The second-order valence-corrected chi connectivity index (χ2v) is 4.23. The van der Waals surface area contributed by atoms with Crippen LogP contribution in [0, 0.1) is 6.92 Å². The smallest absolute Gasteiger partial charge is 0.339 e. The predicted molar refractivity (Wildman–Crippen MR) is 65.0 cm³/mol. The number of aliphatic hydroxyl groups is 1. The zero-order chi connectivity index (χ0) is 12.6. The first kappa shape index (κ1) is 12.0. The number of carbonyl (C=O) groups excluding carboxylic acids is 1. The van der Waals surface area contributed by atoms with Crippen LogP contribution in [0.2, 0.25) is 5.02 Å². The van der Waals surface area contributed by atoms with E-state index in [-0.39, 0.29) is 0 Å². The first-order valence-corrected chi connectivity index (χ1v) is 5.45. The fourth-order valence-corrected chi connectivity index (χ4v) is 2.03. The number of ether oxygens (including phenoxy) is 1. The maximum Gasteiger partial charge on any atom is 0.339 e. The fraction of sp³-hybridized carbons (Fsp3) is 0.250. The summed E-state index contributed by atoms with van der Waals surface area (Å²) in [5.41, 5.74) is 2.22. The number of carbonyl (C=O) groups is 1. The van der Waals surface area contributed by atoms with Gasteiger partial charge in [-0.25, -0.2) is 4.79 Å². The highest BCUT2D eigenvalue weighted by Gasteiger charge is 2.19. The van der Waals surface area contributed by atoms with Crippen molar-refractivity contribution in [2.45, 2.75) is 13.0 Å². The zero-order valence-corrected chi connectivity index (χ0v) is 10.2. The summed E-state index contributed by atoms with van der Waals surface area (Å²) in [7, 11) is 1.23. The van der Waals surface area contributed by atoms with Crippen LogP contribution in [0.25, 0.3) is 10.9 Å². The Bertz CT molecular complexity index is 576. The van der Waals surface area contributed by atoms with Gasteiger partial charge in [-0.1, -0.05) is 11.6 Å². The molecule has 1 heterocycles. The Morgan fingerprint density at radius 1 is 1.53 bits per heavy atom. The molecule has 1 aromatic heterocycles. The molecular weight excluding hydrogens is 242 g/mol. The summed E-state index contributed by atoms with van der Waals surface area (Å²) in [6.07, 6.45) is 0.515. The first-order chi connectivity index (χ1) is 8.04. The van der Waals surface area contributed by atoms with Gasteiger partial charge in [-0.05, 0) is 30.2 Å². The number of methoxy groups -OCH3 is 1. The number of esters is 1. The number of H-pyrrole nitrogens is 1. The van der Waals surface area contributed by atoms with E-state index < -0.39 is 12.1 Å². The molecule has 2 N–H and O–H groups in total. The summed E-state index contributed by atoms with van der Waals surface area (Å²) >= 11 is 6.07. The van der Waals surface area contributed by atoms with Gasteiger partial charge in [0.15, 0.2) is 6.10 Å². The Hall–Kier alpha value is -1.52. The van der Waals surface area contributed by atoms with Crippen molar-refractivity contribution in [3.05, 3.63) is 34.5 Å². The van der Waals surface area contributed by atoms with Crippen molar-refractivity contribution in [1.29, 1.82) is 0 Å². The number of halogens is 1. The topological polar surface area (TPSA) is 62.3 Å². The third-order valence-electron chi connectivity index (χ3n) is 2.71. The van der Waals surface area contributed by atoms with Crippen molar-refractivity contribution in [3.63, 3.8) is 0 Å². The molecule has 0 saturated heterocycles. The molecule has 2 rings (SSSR count). The molecule has 90 valence electrons. The lowest BCUT2D eigenvalue weighted by molar-refractivity contribution is -0.150. The fourth-order valence-electron chi connectivity index (χ4n) is 1.75. The van der Waals surface area contributed by atoms with Crippen LogP contribution in [0.4, 0.5) is 0 Å². The van der Waals surface area contributed by atoms with Crippen LogP contribution in [-0.4, -0.2) is 23.2 Å². The van der Waals surface area contributed by atoms with Crippen molar-refractivity contribution >= 4 is 28.5 Å². The molecule has 0 bridgehead atoms. The summed E-state index contributed by atoms with van der Waals surface area (Å²) in [5, 5.41) is 11.1. The van der Waals surface area contributed by atoms with Gasteiger partial charge in [-0.15, -0.1) is 0 Å². The molecule has 0 aliphatic carbocycles. The van der Waals surface area contributed by atoms with Gasteiger partial charge in [-0.3, -0.25) is 0 Å². The van der Waals surface area contributed by atoms with Crippen LogP contribution in [0.15, 0.2) is 18.3 Å². The average molecular weight is 254 g/mol. The highest BCUT2D eigenvalue weighted by molar-refractivity contribution is 6.35. The average Bonchev–Trinajstić information content (AvgIpc) is 2.70. The van der Waals surface area contributed by atoms with Gasteiger partial charge in [0, 0.05) is 11.6 Å². The lowest BCUT2D eigenvalue weighted by Crippen LogP contribution is -2.13. The quantitative estimate of drug-likeness (QED) is 0.808. The molecule has 0 amide bonds. The normalized spacial score (nSPS) is 12.7. The number of aromatic amines is 1. The van der Waals surface area contributed by atoms with E-state index in [4.69, 9.17) is 11.6 Å². The first-order valence-electron chi connectivity index (χ1n) is 5.07. The minimum Gasteiger partial charge on any atom is -0.467 e. The molecule has 4 nitrogen and oxygen atoms in total. The standard InChI is InChI=1S/C12H12ClNO3/c1-6-5-14-10-8(6)3-7(4-9(10)13)11(15)12(16)17-2/h3-5,11,14-15H,1-2H3. The second kappa shape index (κ2) is 4.39. The molecule has 1 unspecified atom stereocenters. The number of aryl methyl sites for hydroxylation is 1. The largest absolute Gasteiger partial charge is 0.467 e. The third kappa shape index (κ3) is 2.01. The van der Waals surface area contributed by atoms with E-state index in [9.17, 15) is 9.90 Å². The molecule has 2 aromatic rings. The van der Waals surface area contributed by atoms with E-state index in [1.807, 2.05) is 13.1 Å². The van der Waals surface area contributed by atoms with Crippen LogP contribution in [0.3, 0.4) is 0 Å². The zero-order valence-electron chi connectivity index (χ0n) is 9.45. The van der Waals surface area contributed by atoms with E-state index >= 15 is 0 Å². The van der Waals surface area contributed by atoms with Gasteiger partial charge in [-0.2, -0.15) is 0 Å². The minimum absolute atomic E-state index is 0.428. The van der Waals surface area contributed by atoms with E-state index in [1.54, 1.807) is 12.1 Å². The molecule has 0 saturated carbocycles. The van der Waals surface area contributed by atoms with E-state index in [1.165, 1.54) is 7.11 Å². The number of nitrogens with one attached hydrogen (secondary N) is 1. The molecule has 1 atom stereocenters. The maximum atomic E-state index is 11.3. The van der Waals surface area contributed by atoms with Crippen molar-refractivity contribution in [3.8, 4) is 0 Å². The van der Waals surface area contributed by atoms with Crippen LogP contribution in [-0.2, 0) is 9.53 Å². The van der Waals surface area contributed by atoms with Crippen LogP contribution < -0.4 is 0 Å². The van der Waals surface area contributed by atoms with Gasteiger partial charge in [0.2, 0.25) is 0 Å². The van der Waals surface area contributed by atoms with Crippen LogP contribution >= 0.6 is 11.6 Å². The minimum atomic E-state index is -1.31. The molecule has 0 radical (unpaired) electrons. The summed E-state index contributed by atoms with van der Waals surface area (Å²) in [6.45, 7) is 1.92. The SMILES string of the molecule is COC(=O)C(O)c1cc(Cl)c2[nH]cc(C)c2c1. The predicted octanol–water partition coefficient (Wildman–Crippen LogP) is 2.34. The van der Waals surface area contributed by atoms with Gasteiger partial charge in [0.25, 0.3) is 0 Å². The molecule has 0 fully saturated rings. The highest BCUT2D eigenvalue weighted by Crippen LogP contribution is 2.29. The number of fused-ring (bicyclic) bond motifs is 1. The van der Waals surface area contributed by atoms with Crippen molar-refractivity contribution in [2.75, 3.05) is 7.11 Å². The van der Waals surface area contributed by atoms with Gasteiger partial charge in [0.05, 0.1) is 17.6 Å². The van der Waals surface area contributed by atoms with Crippen molar-refractivity contribution in [2.24, 2.45) is 0 Å². The third-order valence-corrected chi connectivity index (χ3v) is 3.01. The maximum absolute atomic E-state index is 11.3. The van der Waals surface area contributed by atoms with E-state index in [2.05, 4.69) is 9.72 Å². The van der Waals surface area contributed by atoms with E-state index in [0.717, 1.165) is 16.5 Å². The molecule has 0 aliphatic rings. The molecule has 5 heteroatoms. The highest BCUT2D eigenvalue weighted by atomic mass is 35.5. The number of aliphatic hydroxyl groups excluding tert-OH is 1. The Kier molecular flexibility index (Phi) is 3.09. The molecule has 0 spiro atoms. The van der Waals surface area contributed by atoms with Crippen molar-refractivity contribution < 1.29 is 14.6 Å². The van der Waals surface area contributed by atoms with Gasteiger partial charge >= 0.3 is 5.97 Å². The monoisotopic (exact) mass is 253 g/mol. The van der Waals surface area contributed by atoms with Crippen molar-refractivity contribution in [1.82, 2.24) is 4.98 Å². The lowest BCUT2D eigenvalue weighted by atomic mass is 10.1. The summed E-state index contributed by atoms with van der Waals surface area (Å²) in [4.78, 5) is 14.3. The Morgan fingerprint density at radius 2 is 2.24 bits per heavy atom. The number of rotatable bonds is 2. The number of benzene rings is 1. The van der Waals surface area contributed by atoms with Crippen LogP contribution in [0.1, 0.15) is 17.2 Å². The molecular formula is C12H12ClNO3. The van der Waals surface area contributed by atoms with Gasteiger partial charge in [0.1, 0.15) is 0 Å². The Morgan fingerprint density at radius 3 is 2.88 bits per heavy atom. The second-order valence-electron chi connectivity index (χ2n) is 3.82. The van der Waals surface area contributed by atoms with Crippen LogP contribution in [0.5, 0.6) is 0 Å². The Balaban J connectivity index is 2.56. The Labute approximate surface area is 103 Å². The number of aromatic nitrogens is 1. The van der Waals surface area contributed by atoms with Gasteiger partial charge < -0.3 is 14.8 Å². The molecule has 1 aromatic carbocycles. The lowest BCUT2D eigenvalue weighted by Gasteiger charge is -2.09. The van der Waals surface area contributed by atoms with E-state index in [0.29, 0.717) is 10.6 Å². The summed E-state index contributed by atoms with van der Waals surface area (Å²) < 4.78 is 4.49. The summed E-state index contributed by atoms with van der Waals surface area (Å²) in [6, 6.07) is 3.29.